The van der Waals surface area contributed by atoms with Crippen LogP contribution in [0.3, 0.4) is 0 Å². The van der Waals surface area contributed by atoms with Crippen molar-refractivity contribution in [2.75, 3.05) is 26.2 Å². The lowest BCUT2D eigenvalue weighted by molar-refractivity contribution is 0.302. The SMILES string of the molecule is CCN(CC)CCNCc1cc(F)cc(Br)c1. The highest BCUT2D eigenvalue weighted by atomic mass is 79.9. The van der Waals surface area contributed by atoms with Crippen LogP contribution in [0, 0.1) is 5.82 Å². The molecule has 0 heterocycles. The molecule has 1 N–H and O–H groups in total. The summed E-state index contributed by atoms with van der Waals surface area (Å²) in [6.07, 6.45) is 0. The van der Waals surface area contributed by atoms with Crippen molar-refractivity contribution in [1.82, 2.24) is 10.2 Å². The quantitative estimate of drug-likeness (QED) is 0.779. The lowest BCUT2D eigenvalue weighted by Gasteiger charge is -2.18. The van der Waals surface area contributed by atoms with Gasteiger partial charge in [-0.15, -0.1) is 0 Å². The van der Waals surface area contributed by atoms with E-state index in [1.165, 1.54) is 6.07 Å². The van der Waals surface area contributed by atoms with E-state index >= 15 is 0 Å². The van der Waals surface area contributed by atoms with Crippen molar-refractivity contribution in [3.8, 4) is 0 Å². The summed E-state index contributed by atoms with van der Waals surface area (Å²) in [6, 6.07) is 4.97. The molecule has 0 atom stereocenters. The van der Waals surface area contributed by atoms with E-state index in [0.717, 1.165) is 36.2 Å². The topological polar surface area (TPSA) is 15.3 Å². The molecule has 17 heavy (non-hydrogen) atoms. The van der Waals surface area contributed by atoms with Gasteiger partial charge >= 0.3 is 0 Å². The van der Waals surface area contributed by atoms with E-state index in [9.17, 15) is 4.39 Å². The third kappa shape index (κ3) is 5.61. The zero-order valence-electron chi connectivity index (χ0n) is 10.5. The Hall–Kier alpha value is -0.450. The van der Waals surface area contributed by atoms with Crippen molar-refractivity contribution in [2.45, 2.75) is 20.4 Å². The summed E-state index contributed by atoms with van der Waals surface area (Å²) in [5.41, 5.74) is 0.969. The third-order valence-electron chi connectivity index (χ3n) is 2.75. The summed E-state index contributed by atoms with van der Waals surface area (Å²) in [6.45, 7) is 9.13. The van der Waals surface area contributed by atoms with Gasteiger partial charge in [-0.1, -0.05) is 29.8 Å². The van der Waals surface area contributed by atoms with Gasteiger partial charge in [0.25, 0.3) is 0 Å². The average molecular weight is 303 g/mol. The molecule has 4 heteroatoms. The second kappa shape index (κ2) is 7.80. The lowest BCUT2D eigenvalue weighted by Crippen LogP contribution is -2.31. The fourth-order valence-electron chi connectivity index (χ4n) is 1.72. The summed E-state index contributed by atoms with van der Waals surface area (Å²) in [7, 11) is 0. The van der Waals surface area contributed by atoms with Gasteiger partial charge in [-0.3, -0.25) is 0 Å². The number of nitrogens with one attached hydrogen (secondary N) is 1. The summed E-state index contributed by atoms with van der Waals surface area (Å²) in [5.74, 6) is -0.195. The molecule has 0 bridgehead atoms. The van der Waals surface area contributed by atoms with Crippen LogP contribution in [0.15, 0.2) is 22.7 Å². The van der Waals surface area contributed by atoms with E-state index in [1.54, 1.807) is 6.07 Å². The van der Waals surface area contributed by atoms with Crippen LogP contribution in [-0.4, -0.2) is 31.1 Å². The summed E-state index contributed by atoms with van der Waals surface area (Å²) in [5, 5.41) is 3.33. The maximum Gasteiger partial charge on any atom is 0.124 e. The molecule has 1 aromatic carbocycles. The number of likely N-dealkylation sites (N-methyl/N-ethyl adjacent to an activating group) is 1. The van der Waals surface area contributed by atoms with Gasteiger partial charge < -0.3 is 10.2 Å². The van der Waals surface area contributed by atoms with Gasteiger partial charge in [-0.25, -0.2) is 4.39 Å². The van der Waals surface area contributed by atoms with E-state index in [1.807, 2.05) is 6.07 Å². The first kappa shape index (κ1) is 14.6. The minimum atomic E-state index is -0.195. The highest BCUT2D eigenvalue weighted by Crippen LogP contribution is 2.14. The second-order valence-corrected chi connectivity index (χ2v) is 4.90. The van der Waals surface area contributed by atoms with Crippen molar-refractivity contribution in [1.29, 1.82) is 0 Å². The molecule has 2 nitrogen and oxygen atoms in total. The standard InChI is InChI=1S/C13H20BrFN2/c1-3-17(4-2)6-5-16-10-11-7-12(14)9-13(15)8-11/h7-9,16H,3-6,10H2,1-2H3. The van der Waals surface area contributed by atoms with Crippen molar-refractivity contribution >= 4 is 15.9 Å². The molecule has 0 aliphatic rings. The van der Waals surface area contributed by atoms with Gasteiger partial charge in [0.15, 0.2) is 0 Å². The number of halogens is 2. The number of nitrogens with zero attached hydrogens (tertiary/aromatic N) is 1. The normalized spacial score (nSPS) is 11.1. The maximum atomic E-state index is 13.1. The Labute approximate surface area is 111 Å². The van der Waals surface area contributed by atoms with Crippen LogP contribution in [0.2, 0.25) is 0 Å². The summed E-state index contributed by atoms with van der Waals surface area (Å²) < 4.78 is 13.9. The van der Waals surface area contributed by atoms with Crippen molar-refractivity contribution < 1.29 is 4.39 Å². The first-order chi connectivity index (χ1) is 8.15. The Morgan fingerprint density at radius 2 is 1.94 bits per heavy atom. The molecule has 1 rings (SSSR count). The van der Waals surface area contributed by atoms with E-state index < -0.39 is 0 Å². The third-order valence-corrected chi connectivity index (χ3v) is 3.21. The second-order valence-electron chi connectivity index (χ2n) is 3.98. The molecular weight excluding hydrogens is 283 g/mol. The number of hydrogen-bond donors (Lipinski definition) is 1. The molecule has 0 fully saturated rings. The molecule has 0 aliphatic heterocycles. The molecule has 96 valence electrons. The lowest BCUT2D eigenvalue weighted by atomic mass is 10.2. The predicted octanol–water partition coefficient (Wildman–Crippen LogP) is 3.02. The van der Waals surface area contributed by atoms with Crippen molar-refractivity contribution in [3.05, 3.63) is 34.1 Å². The molecular formula is C13H20BrFN2. The molecule has 0 saturated carbocycles. The molecule has 0 aromatic heterocycles. The number of rotatable bonds is 7. The Morgan fingerprint density at radius 1 is 1.24 bits per heavy atom. The highest BCUT2D eigenvalue weighted by Gasteiger charge is 2.00. The number of benzene rings is 1. The van der Waals surface area contributed by atoms with Crippen LogP contribution >= 0.6 is 15.9 Å². The first-order valence-corrected chi connectivity index (χ1v) is 6.83. The fourth-order valence-corrected chi connectivity index (χ4v) is 2.24. The van der Waals surface area contributed by atoms with Gasteiger partial charge in [0, 0.05) is 24.1 Å². The zero-order valence-corrected chi connectivity index (χ0v) is 12.1. The van der Waals surface area contributed by atoms with Crippen LogP contribution in [-0.2, 0) is 6.54 Å². The summed E-state index contributed by atoms with van der Waals surface area (Å²) >= 11 is 3.29. The minimum absolute atomic E-state index is 0.195. The van der Waals surface area contributed by atoms with E-state index in [2.05, 4.69) is 40.0 Å². The van der Waals surface area contributed by atoms with E-state index in [4.69, 9.17) is 0 Å². The molecule has 0 radical (unpaired) electrons. The molecule has 0 saturated heterocycles. The smallest absolute Gasteiger partial charge is 0.124 e. The largest absolute Gasteiger partial charge is 0.311 e. The Balaban J connectivity index is 2.31. The van der Waals surface area contributed by atoms with Crippen LogP contribution in [0.25, 0.3) is 0 Å². The zero-order chi connectivity index (χ0) is 12.7. The minimum Gasteiger partial charge on any atom is -0.311 e. The summed E-state index contributed by atoms with van der Waals surface area (Å²) in [4.78, 5) is 2.36. The first-order valence-electron chi connectivity index (χ1n) is 6.03. The molecule has 0 spiro atoms. The number of hydrogen-bond acceptors (Lipinski definition) is 2. The van der Waals surface area contributed by atoms with Gasteiger partial charge in [0.1, 0.15) is 5.82 Å². The molecule has 0 amide bonds. The van der Waals surface area contributed by atoms with Crippen LogP contribution in [0.4, 0.5) is 4.39 Å². The monoisotopic (exact) mass is 302 g/mol. The van der Waals surface area contributed by atoms with Gasteiger partial charge in [-0.2, -0.15) is 0 Å². The fraction of sp³-hybridized carbons (Fsp3) is 0.538. The highest BCUT2D eigenvalue weighted by molar-refractivity contribution is 9.10. The van der Waals surface area contributed by atoms with E-state index in [0.29, 0.717) is 6.54 Å². The maximum absolute atomic E-state index is 13.1. The van der Waals surface area contributed by atoms with Crippen LogP contribution in [0.1, 0.15) is 19.4 Å². The van der Waals surface area contributed by atoms with Gasteiger partial charge in [-0.05, 0) is 36.9 Å². The molecule has 1 aromatic rings. The molecule has 0 unspecified atom stereocenters. The average Bonchev–Trinajstić information content (AvgIpc) is 2.28. The van der Waals surface area contributed by atoms with Crippen LogP contribution in [0.5, 0.6) is 0 Å². The van der Waals surface area contributed by atoms with Crippen molar-refractivity contribution in [2.24, 2.45) is 0 Å². The predicted molar refractivity (Wildman–Crippen MR) is 73.6 cm³/mol. The Kier molecular flexibility index (Phi) is 6.70. The van der Waals surface area contributed by atoms with Gasteiger partial charge in [0.2, 0.25) is 0 Å². The van der Waals surface area contributed by atoms with Crippen molar-refractivity contribution in [3.63, 3.8) is 0 Å². The van der Waals surface area contributed by atoms with E-state index in [-0.39, 0.29) is 5.82 Å². The van der Waals surface area contributed by atoms with Crippen LogP contribution < -0.4 is 5.32 Å². The van der Waals surface area contributed by atoms with Gasteiger partial charge in [0.05, 0.1) is 0 Å². The Morgan fingerprint density at radius 3 is 2.53 bits per heavy atom. The Bertz CT molecular complexity index is 320. The molecule has 0 aliphatic carbocycles.